The van der Waals surface area contributed by atoms with Gasteiger partial charge in [0, 0.05) is 6.08 Å². The Morgan fingerprint density at radius 2 is 1.08 bits per heavy atom. The topological polar surface area (TPSA) is 29.5 Å². The summed E-state index contributed by atoms with van der Waals surface area (Å²) in [6.07, 6.45) is 20.0. The maximum absolute atomic E-state index is 10.8. The van der Waals surface area contributed by atoms with E-state index in [9.17, 15) is 4.79 Å². The highest BCUT2D eigenvalue weighted by molar-refractivity contribution is 5.81. The molecule has 0 unspecified atom stereocenters. The molecule has 0 aliphatic heterocycles. The van der Waals surface area contributed by atoms with Crippen LogP contribution in [0.25, 0.3) is 0 Å². The van der Waals surface area contributed by atoms with Crippen LogP contribution in [0.1, 0.15) is 96.8 Å². The molecule has 0 amide bonds. The van der Waals surface area contributed by atoms with Crippen molar-refractivity contribution in [3.63, 3.8) is 0 Å². The largest absolute Gasteiger partial charge is 0.463 e. The van der Waals surface area contributed by atoms with E-state index in [4.69, 9.17) is 4.74 Å². The van der Waals surface area contributed by atoms with Crippen molar-refractivity contribution in [2.45, 2.75) is 96.8 Å². The number of hydrogen-bond acceptors (Lipinski definition) is 3. The van der Waals surface area contributed by atoms with E-state index in [1.807, 2.05) is 26.0 Å². The molecule has 0 radical (unpaired) electrons. The van der Waals surface area contributed by atoms with Crippen LogP contribution in [0.15, 0.2) is 12.7 Å². The first kappa shape index (κ1) is 26.4. The first-order chi connectivity index (χ1) is 12.0. The SMILES string of the molecule is C=CC(=O)OCCCCCCCCCCCCCCCC.CN(C)C. The number of hydrogen-bond donors (Lipinski definition) is 0. The number of carbonyl (C=O) groups excluding carboxylic acids is 1. The van der Waals surface area contributed by atoms with Gasteiger partial charge in [-0.3, -0.25) is 0 Å². The summed E-state index contributed by atoms with van der Waals surface area (Å²) < 4.78 is 4.94. The minimum absolute atomic E-state index is 0.301. The van der Waals surface area contributed by atoms with Crippen LogP contribution in [0.5, 0.6) is 0 Å². The second-order valence-corrected chi connectivity index (χ2v) is 7.31. The molecule has 0 saturated heterocycles. The van der Waals surface area contributed by atoms with E-state index in [-0.39, 0.29) is 5.97 Å². The summed E-state index contributed by atoms with van der Waals surface area (Å²) in [6, 6.07) is 0. The van der Waals surface area contributed by atoms with Crippen LogP contribution in [0, 0.1) is 0 Å². The van der Waals surface area contributed by atoms with Gasteiger partial charge >= 0.3 is 5.97 Å². The van der Waals surface area contributed by atoms with Crippen LogP contribution < -0.4 is 0 Å². The van der Waals surface area contributed by atoms with E-state index in [1.54, 1.807) is 0 Å². The molecule has 0 aliphatic carbocycles. The molecule has 25 heavy (non-hydrogen) atoms. The summed E-state index contributed by atoms with van der Waals surface area (Å²) in [5.41, 5.74) is 0. The van der Waals surface area contributed by atoms with E-state index >= 15 is 0 Å². The Kier molecular flexibility index (Phi) is 24.5. The Morgan fingerprint density at radius 1 is 0.760 bits per heavy atom. The van der Waals surface area contributed by atoms with Gasteiger partial charge < -0.3 is 9.64 Å². The number of nitrogens with zero attached hydrogens (tertiary/aromatic N) is 1. The molecule has 0 atom stereocenters. The average molecular weight is 356 g/mol. The maximum Gasteiger partial charge on any atom is 0.330 e. The van der Waals surface area contributed by atoms with E-state index in [0.717, 1.165) is 6.42 Å². The van der Waals surface area contributed by atoms with Crippen molar-refractivity contribution in [1.82, 2.24) is 4.90 Å². The van der Waals surface area contributed by atoms with Gasteiger partial charge in [0.1, 0.15) is 0 Å². The first-order valence-corrected chi connectivity index (χ1v) is 10.4. The van der Waals surface area contributed by atoms with Gasteiger partial charge in [-0.1, -0.05) is 97.0 Å². The summed E-state index contributed by atoms with van der Waals surface area (Å²) in [4.78, 5) is 12.8. The van der Waals surface area contributed by atoms with Crippen LogP contribution >= 0.6 is 0 Å². The molecule has 0 N–H and O–H groups in total. The van der Waals surface area contributed by atoms with Crippen LogP contribution in [0.2, 0.25) is 0 Å². The van der Waals surface area contributed by atoms with Gasteiger partial charge in [-0.2, -0.15) is 0 Å². The van der Waals surface area contributed by atoms with Gasteiger partial charge in [-0.15, -0.1) is 0 Å². The van der Waals surface area contributed by atoms with Crippen LogP contribution in [-0.2, 0) is 9.53 Å². The normalized spacial score (nSPS) is 10.3. The highest BCUT2D eigenvalue weighted by Gasteiger charge is 1.96. The maximum atomic E-state index is 10.8. The van der Waals surface area contributed by atoms with Gasteiger partial charge in [0.15, 0.2) is 0 Å². The summed E-state index contributed by atoms with van der Waals surface area (Å²) in [7, 11) is 6.00. The van der Waals surface area contributed by atoms with E-state index in [1.165, 1.54) is 89.5 Å². The third kappa shape index (κ3) is 31.5. The van der Waals surface area contributed by atoms with Gasteiger partial charge in [-0.25, -0.2) is 4.79 Å². The minimum atomic E-state index is -0.301. The molecule has 0 aromatic heterocycles. The number of ether oxygens (including phenoxy) is 1. The lowest BCUT2D eigenvalue weighted by Gasteiger charge is -2.03. The highest BCUT2D eigenvalue weighted by Crippen LogP contribution is 2.12. The molecule has 0 aromatic rings. The second-order valence-electron chi connectivity index (χ2n) is 7.31. The number of unbranched alkanes of at least 4 members (excludes halogenated alkanes) is 13. The molecular formula is C22H45NO2. The van der Waals surface area contributed by atoms with Crippen molar-refractivity contribution >= 4 is 5.97 Å². The quantitative estimate of drug-likeness (QED) is 0.183. The summed E-state index contributed by atoms with van der Waals surface area (Å²) in [6.45, 7) is 6.19. The van der Waals surface area contributed by atoms with Crippen LogP contribution in [-0.4, -0.2) is 38.6 Å². The zero-order valence-electron chi connectivity index (χ0n) is 17.7. The standard InChI is InChI=1S/C19H36O2.C3H9N/c1-3-5-6-7-8-9-10-11-12-13-14-15-16-17-18-21-19(20)4-2;1-4(2)3/h4H,2-3,5-18H2,1H3;1-3H3. The molecule has 0 aliphatic rings. The third-order valence-corrected chi connectivity index (χ3v) is 3.91. The minimum Gasteiger partial charge on any atom is -0.463 e. The van der Waals surface area contributed by atoms with Crippen molar-refractivity contribution in [3.8, 4) is 0 Å². The summed E-state index contributed by atoms with van der Waals surface area (Å²) in [5, 5.41) is 0. The molecule has 3 heteroatoms. The Labute approximate surface area is 158 Å². The van der Waals surface area contributed by atoms with Gasteiger partial charge in [-0.05, 0) is 27.6 Å². The van der Waals surface area contributed by atoms with Gasteiger partial charge in [0.05, 0.1) is 6.61 Å². The van der Waals surface area contributed by atoms with Crippen LogP contribution in [0.3, 0.4) is 0 Å². The lowest BCUT2D eigenvalue weighted by atomic mass is 10.0. The summed E-state index contributed by atoms with van der Waals surface area (Å²) >= 11 is 0. The predicted molar refractivity (Wildman–Crippen MR) is 111 cm³/mol. The monoisotopic (exact) mass is 355 g/mol. The molecule has 3 nitrogen and oxygen atoms in total. The van der Waals surface area contributed by atoms with Gasteiger partial charge in [0.25, 0.3) is 0 Å². The smallest absolute Gasteiger partial charge is 0.330 e. The van der Waals surface area contributed by atoms with Crippen molar-refractivity contribution in [3.05, 3.63) is 12.7 Å². The van der Waals surface area contributed by atoms with Crippen molar-refractivity contribution < 1.29 is 9.53 Å². The molecule has 0 spiro atoms. The average Bonchev–Trinajstić information content (AvgIpc) is 2.57. The third-order valence-electron chi connectivity index (χ3n) is 3.91. The zero-order chi connectivity index (χ0) is 19.2. The number of carbonyl (C=O) groups is 1. The fraction of sp³-hybridized carbons (Fsp3) is 0.864. The lowest BCUT2D eigenvalue weighted by Crippen LogP contribution is -2.01. The van der Waals surface area contributed by atoms with Crippen molar-refractivity contribution in [2.75, 3.05) is 27.7 Å². The number of rotatable bonds is 16. The van der Waals surface area contributed by atoms with E-state index in [0.29, 0.717) is 6.61 Å². The highest BCUT2D eigenvalue weighted by atomic mass is 16.5. The molecule has 0 fully saturated rings. The van der Waals surface area contributed by atoms with Crippen molar-refractivity contribution in [1.29, 1.82) is 0 Å². The lowest BCUT2D eigenvalue weighted by molar-refractivity contribution is -0.137. The molecule has 150 valence electrons. The zero-order valence-corrected chi connectivity index (χ0v) is 17.7. The molecule has 0 saturated carbocycles. The molecule has 0 rings (SSSR count). The second kappa shape index (κ2) is 23.2. The Hall–Kier alpha value is -0.830. The fourth-order valence-electron chi connectivity index (χ4n) is 2.53. The Balaban J connectivity index is 0. The number of esters is 1. The molecule has 0 bridgehead atoms. The van der Waals surface area contributed by atoms with Crippen molar-refractivity contribution in [2.24, 2.45) is 0 Å². The Bertz CT molecular complexity index is 274. The Morgan fingerprint density at radius 3 is 1.40 bits per heavy atom. The van der Waals surface area contributed by atoms with E-state index < -0.39 is 0 Å². The first-order valence-electron chi connectivity index (χ1n) is 10.4. The van der Waals surface area contributed by atoms with E-state index in [2.05, 4.69) is 13.5 Å². The van der Waals surface area contributed by atoms with Gasteiger partial charge in [0.2, 0.25) is 0 Å². The molecule has 0 heterocycles. The fourth-order valence-corrected chi connectivity index (χ4v) is 2.53. The predicted octanol–water partition coefficient (Wildman–Crippen LogP) is 6.37. The van der Waals surface area contributed by atoms with Crippen LogP contribution in [0.4, 0.5) is 0 Å². The molecule has 0 aromatic carbocycles. The summed E-state index contributed by atoms with van der Waals surface area (Å²) in [5.74, 6) is -0.301. The molecular weight excluding hydrogens is 310 g/mol.